The predicted molar refractivity (Wildman–Crippen MR) is 129 cm³/mol. The molecule has 1 N–H and O–H groups in total. The van der Waals surface area contributed by atoms with Gasteiger partial charge < -0.3 is 9.50 Å². The molecule has 0 aliphatic heterocycles. The van der Waals surface area contributed by atoms with Crippen molar-refractivity contribution >= 4 is 39.4 Å². The van der Waals surface area contributed by atoms with Crippen LogP contribution in [0.3, 0.4) is 0 Å². The minimum atomic E-state index is -4.07. The number of nitriles is 1. The highest BCUT2D eigenvalue weighted by atomic mass is 35.5. The Labute approximate surface area is 198 Å². The van der Waals surface area contributed by atoms with Gasteiger partial charge in [-0.05, 0) is 73.9 Å². The number of amides is 1. The molecule has 0 aliphatic carbocycles. The number of anilines is 1. The Kier molecular flexibility index (Phi) is 7.22. The number of carbonyl (C=O) groups is 1. The zero-order valence-corrected chi connectivity index (χ0v) is 19.8. The van der Waals surface area contributed by atoms with Crippen LogP contribution in [0.15, 0.2) is 71.1 Å². The Balaban J connectivity index is 1.81. The van der Waals surface area contributed by atoms with Crippen LogP contribution in [0.2, 0.25) is 5.02 Å². The van der Waals surface area contributed by atoms with E-state index in [4.69, 9.17) is 15.8 Å². The van der Waals surface area contributed by atoms with Gasteiger partial charge in [0.15, 0.2) is 5.75 Å². The van der Waals surface area contributed by atoms with Gasteiger partial charge in [0.25, 0.3) is 5.91 Å². The van der Waals surface area contributed by atoms with Crippen LogP contribution >= 0.6 is 11.6 Å². The maximum atomic E-state index is 12.6. The van der Waals surface area contributed by atoms with Crippen molar-refractivity contribution in [2.24, 2.45) is 0 Å². The van der Waals surface area contributed by atoms with Gasteiger partial charge in [-0.15, -0.1) is 0 Å². The van der Waals surface area contributed by atoms with Crippen LogP contribution in [0.5, 0.6) is 5.75 Å². The van der Waals surface area contributed by atoms with E-state index in [0.717, 1.165) is 16.7 Å². The molecule has 0 saturated carbocycles. The number of benzene rings is 3. The highest BCUT2D eigenvalue weighted by molar-refractivity contribution is 7.87. The van der Waals surface area contributed by atoms with E-state index < -0.39 is 16.0 Å². The normalized spacial score (nSPS) is 11.5. The number of hydrogen-bond acceptors (Lipinski definition) is 5. The van der Waals surface area contributed by atoms with Crippen molar-refractivity contribution in [3.63, 3.8) is 0 Å². The van der Waals surface area contributed by atoms with Gasteiger partial charge in [-0.1, -0.05) is 47.5 Å². The Hall–Kier alpha value is -3.60. The number of nitrogens with one attached hydrogen (secondary N) is 1. The van der Waals surface area contributed by atoms with Crippen molar-refractivity contribution < 1.29 is 17.4 Å². The van der Waals surface area contributed by atoms with Crippen molar-refractivity contribution in [1.29, 1.82) is 5.26 Å². The minimum absolute atomic E-state index is 0.00280. The highest BCUT2D eigenvalue weighted by Gasteiger charge is 2.18. The molecule has 3 aromatic rings. The van der Waals surface area contributed by atoms with Crippen molar-refractivity contribution in [2.45, 2.75) is 25.7 Å². The molecule has 0 heterocycles. The molecule has 3 rings (SSSR count). The Morgan fingerprint density at radius 1 is 1.06 bits per heavy atom. The topological polar surface area (TPSA) is 96.3 Å². The minimum Gasteiger partial charge on any atom is -0.377 e. The van der Waals surface area contributed by atoms with Gasteiger partial charge in [0, 0.05) is 5.69 Å². The van der Waals surface area contributed by atoms with Crippen LogP contribution in [0.25, 0.3) is 6.08 Å². The third kappa shape index (κ3) is 5.80. The molecule has 0 spiro atoms. The van der Waals surface area contributed by atoms with Gasteiger partial charge in [0.1, 0.15) is 16.5 Å². The Morgan fingerprint density at radius 3 is 2.39 bits per heavy atom. The lowest BCUT2D eigenvalue weighted by molar-refractivity contribution is -0.112. The molecule has 0 bridgehead atoms. The summed E-state index contributed by atoms with van der Waals surface area (Å²) in [5, 5.41) is 12.2. The fourth-order valence-electron chi connectivity index (χ4n) is 2.94. The molecule has 8 heteroatoms. The highest BCUT2D eigenvalue weighted by Crippen LogP contribution is 2.29. The fraction of sp³-hybridized carbons (Fsp3) is 0.120. The first-order valence-electron chi connectivity index (χ1n) is 9.91. The maximum Gasteiger partial charge on any atom is 0.339 e. The molecule has 0 aromatic heterocycles. The van der Waals surface area contributed by atoms with E-state index in [9.17, 15) is 18.5 Å². The van der Waals surface area contributed by atoms with E-state index in [-0.39, 0.29) is 21.2 Å². The molecule has 6 nitrogen and oxygen atoms in total. The van der Waals surface area contributed by atoms with E-state index in [1.807, 2.05) is 39.0 Å². The molecule has 1 amide bonds. The van der Waals surface area contributed by atoms with Crippen molar-refractivity contribution in [3.8, 4) is 11.8 Å². The lowest BCUT2D eigenvalue weighted by Gasteiger charge is -2.10. The molecule has 0 atom stereocenters. The fourth-order valence-corrected chi connectivity index (χ4v) is 4.16. The number of aryl methyl sites for hydroxylation is 2. The molecule has 0 unspecified atom stereocenters. The molecule has 0 aliphatic rings. The average molecular weight is 481 g/mol. The van der Waals surface area contributed by atoms with Crippen molar-refractivity contribution in [1.82, 2.24) is 0 Å². The second-order valence-electron chi connectivity index (χ2n) is 7.41. The van der Waals surface area contributed by atoms with E-state index in [1.54, 1.807) is 18.2 Å². The Morgan fingerprint density at radius 2 is 1.76 bits per heavy atom. The summed E-state index contributed by atoms with van der Waals surface area (Å²) in [6.45, 7) is 5.65. The van der Waals surface area contributed by atoms with Gasteiger partial charge in [0.2, 0.25) is 0 Å². The number of carbonyl (C=O) groups excluding carboxylic acids is 1. The van der Waals surface area contributed by atoms with Crippen molar-refractivity contribution in [2.75, 3.05) is 5.32 Å². The first-order valence-corrected chi connectivity index (χ1v) is 11.7. The van der Waals surface area contributed by atoms with Gasteiger partial charge in [-0.2, -0.15) is 13.7 Å². The molecule has 0 saturated heterocycles. The van der Waals surface area contributed by atoms with Crippen LogP contribution < -0.4 is 9.50 Å². The van der Waals surface area contributed by atoms with Crippen LogP contribution in [0, 0.1) is 32.1 Å². The van der Waals surface area contributed by atoms with Crippen LogP contribution in [-0.4, -0.2) is 14.3 Å². The summed E-state index contributed by atoms with van der Waals surface area (Å²) >= 11 is 6.22. The summed E-state index contributed by atoms with van der Waals surface area (Å²) in [6, 6.07) is 17.9. The second kappa shape index (κ2) is 9.90. The molecule has 168 valence electrons. The first-order chi connectivity index (χ1) is 15.6. The number of halogens is 1. The lowest BCUT2D eigenvalue weighted by Crippen LogP contribution is -2.14. The van der Waals surface area contributed by atoms with Crippen molar-refractivity contribution in [3.05, 3.63) is 93.5 Å². The molecule has 0 radical (unpaired) electrons. The third-order valence-corrected chi connectivity index (χ3v) is 6.54. The van der Waals surface area contributed by atoms with E-state index in [0.29, 0.717) is 11.3 Å². The second-order valence-corrected chi connectivity index (χ2v) is 9.37. The van der Waals surface area contributed by atoms with Crippen LogP contribution in [0.1, 0.15) is 22.3 Å². The largest absolute Gasteiger partial charge is 0.377 e. The van der Waals surface area contributed by atoms with Gasteiger partial charge in [0.05, 0.1) is 5.02 Å². The maximum absolute atomic E-state index is 12.6. The number of nitrogens with zero attached hydrogens (tertiary/aromatic N) is 1. The SMILES string of the molecule is Cc1ccc(S(=O)(=O)Oc2ccc(/C=C(\C#N)C(=O)Nc3cccc(C)c3C)cc2Cl)cc1. The summed E-state index contributed by atoms with van der Waals surface area (Å²) in [5.74, 6) is -0.627. The average Bonchev–Trinajstić information content (AvgIpc) is 2.77. The Bertz CT molecular complexity index is 1390. The first kappa shape index (κ1) is 24.1. The van der Waals surface area contributed by atoms with Gasteiger partial charge in [-0.25, -0.2) is 0 Å². The summed E-state index contributed by atoms with van der Waals surface area (Å²) in [7, 11) is -4.07. The molecular formula is C25H21ClN2O4S. The zero-order valence-electron chi connectivity index (χ0n) is 18.2. The summed E-state index contributed by atoms with van der Waals surface area (Å²) in [4.78, 5) is 12.6. The smallest absolute Gasteiger partial charge is 0.339 e. The predicted octanol–water partition coefficient (Wildman–Crippen LogP) is 5.58. The number of hydrogen-bond donors (Lipinski definition) is 1. The van der Waals surface area contributed by atoms with E-state index in [1.165, 1.54) is 36.4 Å². The monoisotopic (exact) mass is 480 g/mol. The van der Waals surface area contributed by atoms with E-state index in [2.05, 4.69) is 5.32 Å². The molecule has 3 aromatic carbocycles. The summed E-state index contributed by atoms with van der Waals surface area (Å²) in [5.41, 5.74) is 3.75. The van der Waals surface area contributed by atoms with E-state index >= 15 is 0 Å². The lowest BCUT2D eigenvalue weighted by atomic mass is 10.1. The summed E-state index contributed by atoms with van der Waals surface area (Å²) in [6.07, 6.45) is 1.37. The molecule has 0 fully saturated rings. The third-order valence-electron chi connectivity index (χ3n) is 4.99. The van der Waals surface area contributed by atoms with Gasteiger partial charge >= 0.3 is 10.1 Å². The standard InChI is InChI=1S/C25H21ClN2O4S/c1-16-7-10-21(11-8-16)33(30,31)32-24-12-9-19(14-22(24)26)13-20(15-27)25(29)28-23-6-4-5-17(2)18(23)3/h4-14H,1-3H3,(H,28,29)/b20-13+. The molecule has 33 heavy (non-hydrogen) atoms. The number of rotatable bonds is 6. The molecular weight excluding hydrogens is 460 g/mol. The summed E-state index contributed by atoms with van der Waals surface area (Å²) < 4.78 is 30.2. The van der Waals surface area contributed by atoms with Gasteiger partial charge in [-0.3, -0.25) is 4.79 Å². The van der Waals surface area contributed by atoms with Crippen LogP contribution in [0.4, 0.5) is 5.69 Å². The van der Waals surface area contributed by atoms with Crippen LogP contribution in [-0.2, 0) is 14.9 Å². The quantitative estimate of drug-likeness (QED) is 0.282. The zero-order chi connectivity index (χ0) is 24.2.